The van der Waals surface area contributed by atoms with E-state index >= 15 is 0 Å². The number of sulfonamides is 1. The molecule has 18 heavy (non-hydrogen) atoms. The van der Waals surface area contributed by atoms with E-state index in [1.165, 1.54) is 4.31 Å². The second-order valence-electron chi connectivity index (χ2n) is 3.77. The Balaban J connectivity index is 2.91. The number of ether oxygens (including phenoxy) is 1. The van der Waals surface area contributed by atoms with Crippen LogP contribution in [0.4, 0.5) is 5.69 Å². The van der Waals surface area contributed by atoms with Crippen molar-refractivity contribution in [2.24, 2.45) is 0 Å². The van der Waals surface area contributed by atoms with E-state index in [4.69, 9.17) is 4.74 Å². The molecule has 102 valence electrons. The second-order valence-corrected chi connectivity index (χ2v) is 5.78. The third-order valence-corrected chi connectivity index (χ3v) is 4.51. The topological polar surface area (TPSA) is 58.6 Å². The number of benzene rings is 1. The lowest BCUT2D eigenvalue weighted by molar-refractivity contribution is 0.138. The van der Waals surface area contributed by atoms with Crippen LogP contribution in [0.15, 0.2) is 29.2 Å². The van der Waals surface area contributed by atoms with Gasteiger partial charge in [-0.05, 0) is 19.1 Å². The van der Waals surface area contributed by atoms with Gasteiger partial charge in [-0.2, -0.15) is 4.31 Å². The number of likely N-dealkylation sites (N-methyl/N-ethyl adjacent to an activating group) is 1. The lowest BCUT2D eigenvalue weighted by Gasteiger charge is -2.18. The molecule has 0 fully saturated rings. The van der Waals surface area contributed by atoms with Gasteiger partial charge in [0.05, 0.1) is 12.3 Å². The molecule has 1 aromatic carbocycles. The Morgan fingerprint density at radius 1 is 1.33 bits per heavy atom. The fourth-order valence-corrected chi connectivity index (χ4v) is 2.87. The molecule has 0 saturated carbocycles. The lowest BCUT2D eigenvalue weighted by atomic mass is 10.3. The van der Waals surface area contributed by atoms with Crippen LogP contribution in [0.3, 0.4) is 0 Å². The Labute approximate surface area is 109 Å². The van der Waals surface area contributed by atoms with E-state index in [0.717, 1.165) is 0 Å². The lowest BCUT2D eigenvalue weighted by Crippen LogP contribution is -2.30. The molecule has 1 N–H and O–H groups in total. The summed E-state index contributed by atoms with van der Waals surface area (Å²) in [7, 11) is -0.212. The molecule has 0 aliphatic rings. The molecule has 6 heteroatoms. The first-order chi connectivity index (χ1) is 8.54. The van der Waals surface area contributed by atoms with Crippen molar-refractivity contribution in [1.82, 2.24) is 4.31 Å². The highest BCUT2D eigenvalue weighted by Crippen LogP contribution is 2.22. The van der Waals surface area contributed by atoms with Crippen molar-refractivity contribution in [3.05, 3.63) is 24.3 Å². The summed E-state index contributed by atoms with van der Waals surface area (Å²) in [5.41, 5.74) is 0.598. The third kappa shape index (κ3) is 3.44. The minimum absolute atomic E-state index is 0.284. The first kappa shape index (κ1) is 14.9. The fourth-order valence-electron chi connectivity index (χ4n) is 1.52. The van der Waals surface area contributed by atoms with Crippen LogP contribution in [0.2, 0.25) is 0 Å². The van der Waals surface area contributed by atoms with E-state index in [2.05, 4.69) is 5.32 Å². The Bertz CT molecular complexity index is 474. The third-order valence-electron chi connectivity index (χ3n) is 2.60. The summed E-state index contributed by atoms with van der Waals surface area (Å²) in [4.78, 5) is 0.284. The number of nitrogens with one attached hydrogen (secondary N) is 1. The summed E-state index contributed by atoms with van der Waals surface area (Å²) in [5.74, 6) is 0. The molecule has 0 aromatic heterocycles. The Kier molecular flexibility index (Phi) is 5.58. The Morgan fingerprint density at radius 2 is 2.00 bits per heavy atom. The van der Waals surface area contributed by atoms with Crippen LogP contribution in [0, 0.1) is 0 Å². The van der Waals surface area contributed by atoms with Crippen molar-refractivity contribution in [3.8, 4) is 0 Å². The molecule has 0 aliphatic carbocycles. The fraction of sp³-hybridized carbons (Fsp3) is 0.500. The van der Waals surface area contributed by atoms with Gasteiger partial charge in [-0.15, -0.1) is 0 Å². The summed E-state index contributed by atoms with van der Waals surface area (Å²) < 4.78 is 31.1. The maximum atomic E-state index is 12.3. The maximum absolute atomic E-state index is 12.3. The van der Waals surface area contributed by atoms with E-state index < -0.39 is 10.0 Å². The summed E-state index contributed by atoms with van der Waals surface area (Å²) in [6.07, 6.45) is 0. The van der Waals surface area contributed by atoms with Crippen molar-refractivity contribution >= 4 is 15.7 Å². The Morgan fingerprint density at radius 3 is 2.61 bits per heavy atom. The molecule has 0 atom stereocenters. The molecule has 1 aromatic rings. The normalized spacial score (nSPS) is 11.8. The van der Waals surface area contributed by atoms with Crippen LogP contribution in [0.5, 0.6) is 0 Å². The van der Waals surface area contributed by atoms with Gasteiger partial charge in [-0.3, -0.25) is 0 Å². The van der Waals surface area contributed by atoms with E-state index in [1.54, 1.807) is 38.4 Å². The van der Waals surface area contributed by atoms with Gasteiger partial charge in [-0.25, -0.2) is 8.42 Å². The predicted molar refractivity (Wildman–Crippen MR) is 72.3 cm³/mol. The highest BCUT2D eigenvalue weighted by atomic mass is 32.2. The number of rotatable bonds is 7. The SMILES string of the molecule is CCOCCN(C)S(=O)(=O)c1ccccc1NC. The first-order valence-corrected chi connectivity index (χ1v) is 7.29. The largest absolute Gasteiger partial charge is 0.387 e. The van der Waals surface area contributed by atoms with Crippen LogP contribution >= 0.6 is 0 Å². The quantitative estimate of drug-likeness (QED) is 0.762. The predicted octanol–water partition coefficient (Wildman–Crippen LogP) is 1.39. The van der Waals surface area contributed by atoms with Gasteiger partial charge in [0.15, 0.2) is 0 Å². The molecular weight excluding hydrogens is 252 g/mol. The molecule has 5 nitrogen and oxygen atoms in total. The molecule has 0 saturated heterocycles. The molecule has 1 rings (SSSR count). The van der Waals surface area contributed by atoms with E-state index in [-0.39, 0.29) is 4.90 Å². The van der Waals surface area contributed by atoms with E-state index in [0.29, 0.717) is 25.4 Å². The van der Waals surface area contributed by atoms with Crippen LogP contribution in [-0.4, -0.2) is 46.6 Å². The van der Waals surface area contributed by atoms with Crippen molar-refractivity contribution in [2.75, 3.05) is 39.2 Å². The monoisotopic (exact) mass is 272 g/mol. The van der Waals surface area contributed by atoms with Crippen molar-refractivity contribution in [1.29, 1.82) is 0 Å². The van der Waals surface area contributed by atoms with E-state index in [1.807, 2.05) is 6.92 Å². The standard InChI is InChI=1S/C12H20N2O3S/c1-4-17-10-9-14(3)18(15,16)12-8-6-5-7-11(12)13-2/h5-8,13H,4,9-10H2,1-3H3. The van der Waals surface area contributed by atoms with Crippen LogP contribution in [0.1, 0.15) is 6.92 Å². The minimum Gasteiger partial charge on any atom is -0.387 e. The van der Waals surface area contributed by atoms with Gasteiger partial charge in [-0.1, -0.05) is 12.1 Å². The van der Waals surface area contributed by atoms with Crippen molar-refractivity contribution in [3.63, 3.8) is 0 Å². The van der Waals surface area contributed by atoms with E-state index in [9.17, 15) is 8.42 Å². The van der Waals surface area contributed by atoms with Gasteiger partial charge >= 0.3 is 0 Å². The summed E-state index contributed by atoms with van der Waals surface area (Å²) in [6.45, 7) is 3.20. The average Bonchev–Trinajstić information content (AvgIpc) is 2.38. The van der Waals surface area contributed by atoms with Gasteiger partial charge in [0, 0.05) is 27.2 Å². The zero-order valence-corrected chi connectivity index (χ0v) is 11.8. The molecule has 0 spiro atoms. The summed E-state index contributed by atoms with van der Waals surface area (Å²) >= 11 is 0. The smallest absolute Gasteiger partial charge is 0.244 e. The van der Waals surface area contributed by atoms with Crippen LogP contribution in [0.25, 0.3) is 0 Å². The highest BCUT2D eigenvalue weighted by molar-refractivity contribution is 7.89. The van der Waals surface area contributed by atoms with Crippen LogP contribution < -0.4 is 5.32 Å². The number of nitrogens with zero attached hydrogens (tertiary/aromatic N) is 1. The zero-order chi connectivity index (χ0) is 13.6. The van der Waals surface area contributed by atoms with Crippen LogP contribution in [-0.2, 0) is 14.8 Å². The number of anilines is 1. The van der Waals surface area contributed by atoms with Crippen molar-refractivity contribution in [2.45, 2.75) is 11.8 Å². The van der Waals surface area contributed by atoms with Gasteiger partial charge in [0.25, 0.3) is 0 Å². The molecule has 0 aliphatic heterocycles. The number of para-hydroxylation sites is 1. The van der Waals surface area contributed by atoms with Gasteiger partial charge < -0.3 is 10.1 Å². The van der Waals surface area contributed by atoms with Gasteiger partial charge in [0.1, 0.15) is 4.90 Å². The average molecular weight is 272 g/mol. The molecule has 0 unspecified atom stereocenters. The zero-order valence-electron chi connectivity index (χ0n) is 11.0. The molecule has 0 bridgehead atoms. The Hall–Kier alpha value is -1.11. The molecule has 0 amide bonds. The molecule has 0 radical (unpaired) electrons. The highest BCUT2D eigenvalue weighted by Gasteiger charge is 2.22. The maximum Gasteiger partial charge on any atom is 0.244 e. The molecule has 0 heterocycles. The number of hydrogen-bond donors (Lipinski definition) is 1. The first-order valence-electron chi connectivity index (χ1n) is 5.85. The second kappa shape index (κ2) is 6.72. The van der Waals surface area contributed by atoms with Gasteiger partial charge in [0.2, 0.25) is 10.0 Å². The van der Waals surface area contributed by atoms with Crippen molar-refractivity contribution < 1.29 is 13.2 Å². The summed E-state index contributed by atoms with van der Waals surface area (Å²) in [6, 6.07) is 6.84. The minimum atomic E-state index is -3.47. The summed E-state index contributed by atoms with van der Waals surface area (Å²) in [5, 5.41) is 2.89. The molecular formula is C12H20N2O3S. The number of hydrogen-bond acceptors (Lipinski definition) is 4.